The largest absolute Gasteiger partial charge is 0.352 e. The minimum absolute atomic E-state index is 0.122. The number of hydrogen-bond donors (Lipinski definition) is 1. The van der Waals surface area contributed by atoms with E-state index in [-0.39, 0.29) is 5.56 Å². The van der Waals surface area contributed by atoms with Crippen LogP contribution in [0, 0.1) is 5.82 Å². The zero-order valence-electron chi connectivity index (χ0n) is 17.5. The van der Waals surface area contributed by atoms with E-state index < -0.39 is 26.6 Å². The van der Waals surface area contributed by atoms with E-state index in [1.54, 1.807) is 0 Å². The van der Waals surface area contributed by atoms with Crippen LogP contribution in [0.5, 0.6) is 0 Å². The average molecular weight is 450 g/mol. The Hall–Kier alpha value is -2.33. The van der Waals surface area contributed by atoms with Crippen molar-refractivity contribution in [2.45, 2.75) is 62.8 Å². The fourth-order valence-electron chi connectivity index (χ4n) is 4.21. The number of aryl methyl sites for hydroxylation is 1. The smallest absolute Gasteiger partial charge is 0.251 e. The van der Waals surface area contributed by atoms with Crippen molar-refractivity contribution < 1.29 is 17.6 Å². The van der Waals surface area contributed by atoms with Gasteiger partial charge < -0.3 is 9.88 Å². The van der Waals surface area contributed by atoms with E-state index in [1.807, 2.05) is 0 Å². The molecule has 1 fully saturated rings. The summed E-state index contributed by atoms with van der Waals surface area (Å²) >= 11 is 0. The fraction of sp³-hybridized carbons (Fsp3) is 0.571. The van der Waals surface area contributed by atoms with Gasteiger partial charge in [0, 0.05) is 44.6 Å². The first-order chi connectivity index (χ1) is 15.0. The summed E-state index contributed by atoms with van der Waals surface area (Å²) in [7, 11) is -3.96. The van der Waals surface area contributed by atoms with E-state index >= 15 is 0 Å². The van der Waals surface area contributed by atoms with E-state index in [2.05, 4.69) is 20.1 Å². The number of aromatic nitrogens is 3. The van der Waals surface area contributed by atoms with Gasteiger partial charge in [0.05, 0.1) is 0 Å². The summed E-state index contributed by atoms with van der Waals surface area (Å²) in [6.07, 6.45) is 7.30. The highest BCUT2D eigenvalue weighted by Gasteiger charge is 2.29. The maximum absolute atomic E-state index is 14.4. The van der Waals surface area contributed by atoms with Crippen molar-refractivity contribution in [3.05, 3.63) is 41.2 Å². The molecule has 168 valence electrons. The Balaban J connectivity index is 1.42. The Kier molecular flexibility index (Phi) is 6.66. The Labute approximate surface area is 181 Å². The molecule has 0 bridgehead atoms. The third-order valence-corrected chi connectivity index (χ3v) is 7.86. The highest BCUT2D eigenvalue weighted by molar-refractivity contribution is 7.89. The highest BCUT2D eigenvalue weighted by atomic mass is 32.2. The number of fused-ring (bicyclic) bond motifs is 1. The first-order valence-electron chi connectivity index (χ1n) is 11.0. The monoisotopic (exact) mass is 449 g/mol. The molecular formula is C21H28FN5O3S. The third kappa shape index (κ3) is 4.79. The van der Waals surface area contributed by atoms with E-state index in [1.165, 1.54) is 16.8 Å². The maximum Gasteiger partial charge on any atom is 0.251 e. The Morgan fingerprint density at radius 2 is 1.77 bits per heavy atom. The molecule has 1 N–H and O–H groups in total. The van der Waals surface area contributed by atoms with Crippen LogP contribution >= 0.6 is 0 Å². The molecule has 0 radical (unpaired) electrons. The molecule has 0 saturated carbocycles. The molecule has 1 aromatic carbocycles. The van der Waals surface area contributed by atoms with Crippen molar-refractivity contribution in [3.63, 3.8) is 0 Å². The molecule has 0 spiro atoms. The summed E-state index contributed by atoms with van der Waals surface area (Å²) in [5, 5.41) is 11.3. The molecule has 0 unspecified atom stereocenters. The number of hydrogen-bond acceptors (Lipinski definition) is 5. The molecular weight excluding hydrogens is 421 g/mol. The quantitative estimate of drug-likeness (QED) is 0.730. The SMILES string of the molecule is O=C(NCCc1nnc2n1CCCCC2)c1ccc(F)c(S(=O)(=O)N2CCCCC2)c1. The number of carbonyl (C=O) groups is 1. The van der Waals surface area contributed by atoms with Crippen LogP contribution in [0.15, 0.2) is 23.1 Å². The number of amides is 1. The van der Waals surface area contributed by atoms with Gasteiger partial charge >= 0.3 is 0 Å². The molecule has 0 aliphatic carbocycles. The van der Waals surface area contributed by atoms with Crippen LogP contribution in [0.25, 0.3) is 0 Å². The van der Waals surface area contributed by atoms with Gasteiger partial charge in [-0.25, -0.2) is 12.8 Å². The van der Waals surface area contributed by atoms with Crippen molar-refractivity contribution in [2.75, 3.05) is 19.6 Å². The lowest BCUT2D eigenvalue weighted by Crippen LogP contribution is -2.36. The van der Waals surface area contributed by atoms with E-state index in [4.69, 9.17) is 0 Å². The van der Waals surface area contributed by atoms with Gasteiger partial charge in [-0.05, 0) is 43.9 Å². The second kappa shape index (κ2) is 9.44. The average Bonchev–Trinajstić information content (AvgIpc) is 3.00. The third-order valence-electron chi connectivity index (χ3n) is 5.95. The van der Waals surface area contributed by atoms with Gasteiger partial charge in [-0.15, -0.1) is 10.2 Å². The van der Waals surface area contributed by atoms with Crippen molar-refractivity contribution >= 4 is 15.9 Å². The van der Waals surface area contributed by atoms with Crippen LogP contribution in [0.2, 0.25) is 0 Å². The molecule has 10 heteroatoms. The lowest BCUT2D eigenvalue weighted by molar-refractivity contribution is 0.0953. The van der Waals surface area contributed by atoms with Crippen LogP contribution in [-0.4, -0.2) is 53.0 Å². The van der Waals surface area contributed by atoms with Crippen LogP contribution in [0.1, 0.15) is 60.5 Å². The zero-order valence-corrected chi connectivity index (χ0v) is 18.3. The summed E-state index contributed by atoms with van der Waals surface area (Å²) in [6.45, 7) is 1.98. The van der Waals surface area contributed by atoms with Gasteiger partial charge in [0.15, 0.2) is 0 Å². The second-order valence-electron chi connectivity index (χ2n) is 8.11. The summed E-state index contributed by atoms with van der Waals surface area (Å²) < 4.78 is 43.5. The van der Waals surface area contributed by atoms with Gasteiger partial charge in [0.25, 0.3) is 5.91 Å². The first kappa shape index (κ1) is 21.9. The zero-order chi connectivity index (χ0) is 21.8. The van der Waals surface area contributed by atoms with Gasteiger partial charge in [0.2, 0.25) is 10.0 Å². The number of nitrogens with zero attached hydrogens (tertiary/aromatic N) is 4. The normalized spacial score (nSPS) is 17.7. The number of piperidine rings is 1. The van der Waals surface area contributed by atoms with Crippen LogP contribution in [0.4, 0.5) is 4.39 Å². The minimum Gasteiger partial charge on any atom is -0.352 e. The van der Waals surface area contributed by atoms with Gasteiger partial charge in [-0.1, -0.05) is 12.8 Å². The number of sulfonamides is 1. The Bertz CT molecular complexity index is 1050. The van der Waals surface area contributed by atoms with E-state index in [0.29, 0.717) is 26.1 Å². The molecule has 1 aromatic heterocycles. The number of benzene rings is 1. The van der Waals surface area contributed by atoms with Gasteiger partial charge in [0.1, 0.15) is 22.4 Å². The van der Waals surface area contributed by atoms with E-state index in [9.17, 15) is 17.6 Å². The molecule has 2 aliphatic rings. The van der Waals surface area contributed by atoms with Crippen molar-refractivity contribution in [2.24, 2.45) is 0 Å². The lowest BCUT2D eigenvalue weighted by atomic mass is 10.2. The van der Waals surface area contributed by atoms with Gasteiger partial charge in [-0.2, -0.15) is 4.31 Å². The van der Waals surface area contributed by atoms with Crippen LogP contribution < -0.4 is 5.32 Å². The Morgan fingerprint density at radius 1 is 1.03 bits per heavy atom. The highest BCUT2D eigenvalue weighted by Crippen LogP contribution is 2.24. The van der Waals surface area contributed by atoms with Crippen LogP contribution in [-0.2, 0) is 29.4 Å². The van der Waals surface area contributed by atoms with Gasteiger partial charge in [-0.3, -0.25) is 4.79 Å². The number of nitrogens with one attached hydrogen (secondary N) is 1. The predicted octanol–water partition coefficient (Wildman–Crippen LogP) is 2.29. The topological polar surface area (TPSA) is 97.2 Å². The lowest BCUT2D eigenvalue weighted by Gasteiger charge is -2.26. The minimum atomic E-state index is -3.96. The molecule has 1 saturated heterocycles. The number of rotatable bonds is 6. The van der Waals surface area contributed by atoms with Crippen molar-refractivity contribution in [3.8, 4) is 0 Å². The summed E-state index contributed by atoms with van der Waals surface area (Å²) in [5.74, 6) is 0.550. The summed E-state index contributed by atoms with van der Waals surface area (Å²) in [6, 6.07) is 3.49. The van der Waals surface area contributed by atoms with Crippen molar-refractivity contribution in [1.82, 2.24) is 24.4 Å². The molecule has 31 heavy (non-hydrogen) atoms. The molecule has 8 nitrogen and oxygen atoms in total. The molecule has 0 atom stereocenters. The second-order valence-corrected chi connectivity index (χ2v) is 10.0. The molecule has 2 aromatic rings. The molecule has 1 amide bonds. The number of carbonyl (C=O) groups excluding carboxylic acids is 1. The predicted molar refractivity (Wildman–Crippen MR) is 113 cm³/mol. The first-order valence-corrected chi connectivity index (χ1v) is 12.4. The molecule has 2 aliphatic heterocycles. The number of halogens is 1. The van der Waals surface area contributed by atoms with Crippen LogP contribution in [0.3, 0.4) is 0 Å². The fourth-order valence-corrected chi connectivity index (χ4v) is 5.81. The maximum atomic E-state index is 14.4. The summed E-state index contributed by atoms with van der Waals surface area (Å²) in [4.78, 5) is 12.2. The standard InChI is InChI=1S/C21H28FN5O3S/c22-17-9-8-16(15-18(17)31(29,30)26-12-4-2-5-13-26)21(28)23-11-10-20-25-24-19-7-3-1-6-14-27(19)20/h8-9,15H,1-7,10-14H2,(H,23,28). The molecule has 3 heterocycles. The Morgan fingerprint density at radius 3 is 2.58 bits per heavy atom. The molecule has 4 rings (SSSR count). The van der Waals surface area contributed by atoms with E-state index in [0.717, 1.165) is 68.9 Å². The summed E-state index contributed by atoms with van der Waals surface area (Å²) in [5.41, 5.74) is 0.122. The van der Waals surface area contributed by atoms with Crippen molar-refractivity contribution in [1.29, 1.82) is 0 Å².